The highest BCUT2D eigenvalue weighted by atomic mass is 35.5. The summed E-state index contributed by atoms with van der Waals surface area (Å²) in [5.41, 5.74) is 2.19. The molecule has 0 atom stereocenters. The van der Waals surface area contributed by atoms with E-state index in [1.807, 2.05) is 60.7 Å². The molecule has 2 rings (SSSR count). The minimum atomic E-state index is 0.485. The van der Waals surface area contributed by atoms with E-state index in [0.29, 0.717) is 10.6 Å². The zero-order chi connectivity index (χ0) is 12.1. The van der Waals surface area contributed by atoms with E-state index in [2.05, 4.69) is 6.07 Å². The van der Waals surface area contributed by atoms with E-state index in [0.717, 1.165) is 11.1 Å². The van der Waals surface area contributed by atoms with E-state index >= 15 is 0 Å². The Morgan fingerprint density at radius 1 is 0.824 bits per heavy atom. The summed E-state index contributed by atoms with van der Waals surface area (Å²) in [6, 6.07) is 21.1. The lowest BCUT2D eigenvalue weighted by molar-refractivity contribution is 1.52. The van der Waals surface area contributed by atoms with Gasteiger partial charge in [0.2, 0.25) is 0 Å². The number of nitrogens with zero attached hydrogens (tertiary/aromatic N) is 1. The second kappa shape index (κ2) is 5.34. The summed E-state index contributed by atoms with van der Waals surface area (Å²) in [4.78, 5) is 0. The van der Waals surface area contributed by atoms with Gasteiger partial charge in [-0.2, -0.15) is 5.26 Å². The molecular weight excluding hydrogens is 230 g/mol. The van der Waals surface area contributed by atoms with Crippen molar-refractivity contribution in [3.05, 3.63) is 71.8 Å². The Labute approximate surface area is 106 Å². The van der Waals surface area contributed by atoms with Crippen LogP contribution in [0.2, 0.25) is 0 Å². The van der Waals surface area contributed by atoms with Crippen LogP contribution in [0.25, 0.3) is 10.6 Å². The van der Waals surface area contributed by atoms with Crippen LogP contribution in [0.1, 0.15) is 11.1 Å². The third-order valence-corrected chi connectivity index (χ3v) is 2.83. The van der Waals surface area contributed by atoms with Crippen LogP contribution < -0.4 is 0 Å². The SMILES string of the molecule is N#C/C(=C(/Cl)c1ccccc1)c1ccccc1. The molecule has 0 aliphatic rings. The molecule has 0 bridgehead atoms. The molecule has 0 unspecified atom stereocenters. The predicted octanol–water partition coefficient (Wildman–Crippen LogP) is 4.32. The van der Waals surface area contributed by atoms with Gasteiger partial charge in [-0.3, -0.25) is 0 Å². The number of nitriles is 1. The Kier molecular flexibility index (Phi) is 3.59. The van der Waals surface area contributed by atoms with Crippen LogP contribution in [0, 0.1) is 11.3 Å². The fourth-order valence-corrected chi connectivity index (χ4v) is 1.85. The first-order valence-corrected chi connectivity index (χ1v) is 5.61. The summed E-state index contributed by atoms with van der Waals surface area (Å²) >= 11 is 6.26. The Hall–Kier alpha value is -2.04. The molecule has 82 valence electrons. The molecule has 17 heavy (non-hydrogen) atoms. The molecule has 0 aromatic heterocycles. The van der Waals surface area contributed by atoms with Crippen molar-refractivity contribution in [2.45, 2.75) is 0 Å². The molecule has 2 heteroatoms. The van der Waals surface area contributed by atoms with E-state index < -0.39 is 0 Å². The first-order valence-electron chi connectivity index (χ1n) is 5.23. The molecule has 0 amide bonds. The third kappa shape index (κ3) is 2.55. The quantitative estimate of drug-likeness (QED) is 0.566. The number of rotatable bonds is 2. The van der Waals surface area contributed by atoms with E-state index in [-0.39, 0.29) is 0 Å². The minimum Gasteiger partial charge on any atom is -0.192 e. The average Bonchev–Trinajstić information content (AvgIpc) is 2.42. The summed E-state index contributed by atoms with van der Waals surface area (Å²) in [7, 11) is 0. The van der Waals surface area contributed by atoms with Crippen molar-refractivity contribution in [2.24, 2.45) is 0 Å². The third-order valence-electron chi connectivity index (χ3n) is 2.42. The van der Waals surface area contributed by atoms with Gasteiger partial charge in [0.25, 0.3) is 0 Å². The molecule has 0 aliphatic carbocycles. The first kappa shape index (κ1) is 11.4. The summed E-state index contributed by atoms with van der Waals surface area (Å²) in [5.74, 6) is 0. The van der Waals surface area contributed by atoms with Crippen molar-refractivity contribution < 1.29 is 0 Å². The number of hydrogen-bond donors (Lipinski definition) is 0. The monoisotopic (exact) mass is 239 g/mol. The Morgan fingerprint density at radius 3 is 1.76 bits per heavy atom. The summed E-state index contributed by atoms with van der Waals surface area (Å²) in [6.45, 7) is 0. The standard InChI is InChI=1S/C15H10ClN/c16-15(13-9-5-2-6-10-13)14(11-17)12-7-3-1-4-8-12/h1-10H/b15-14-. The lowest BCUT2D eigenvalue weighted by Gasteiger charge is -2.04. The highest BCUT2D eigenvalue weighted by Crippen LogP contribution is 2.28. The Balaban J connectivity index is 2.53. The summed E-state index contributed by atoms with van der Waals surface area (Å²) in [5, 5.41) is 9.70. The number of allylic oxidation sites excluding steroid dienone is 1. The largest absolute Gasteiger partial charge is 0.192 e. The molecule has 0 saturated heterocycles. The zero-order valence-electron chi connectivity index (χ0n) is 9.10. The molecule has 0 fully saturated rings. The average molecular weight is 240 g/mol. The number of hydrogen-bond acceptors (Lipinski definition) is 1. The first-order chi connectivity index (χ1) is 8.33. The molecule has 0 aliphatic heterocycles. The van der Waals surface area contributed by atoms with E-state index in [9.17, 15) is 5.26 Å². The molecule has 0 saturated carbocycles. The molecule has 2 aromatic rings. The maximum absolute atomic E-state index is 9.22. The van der Waals surface area contributed by atoms with Crippen LogP contribution in [0.15, 0.2) is 60.7 Å². The van der Waals surface area contributed by atoms with Crippen LogP contribution in [0.3, 0.4) is 0 Å². The second-order valence-corrected chi connectivity index (χ2v) is 3.91. The normalized spacial score (nSPS) is 11.5. The topological polar surface area (TPSA) is 23.8 Å². The Bertz CT molecular complexity index is 565. The van der Waals surface area contributed by atoms with Gasteiger partial charge in [0.15, 0.2) is 0 Å². The van der Waals surface area contributed by atoms with Crippen LogP contribution in [-0.4, -0.2) is 0 Å². The van der Waals surface area contributed by atoms with Gasteiger partial charge >= 0.3 is 0 Å². The Morgan fingerprint density at radius 2 is 1.29 bits per heavy atom. The number of benzene rings is 2. The molecule has 0 heterocycles. The van der Waals surface area contributed by atoms with E-state index in [1.165, 1.54) is 0 Å². The zero-order valence-corrected chi connectivity index (χ0v) is 9.85. The maximum atomic E-state index is 9.22. The second-order valence-electron chi connectivity index (χ2n) is 3.53. The van der Waals surface area contributed by atoms with Gasteiger partial charge in [0, 0.05) is 0 Å². The maximum Gasteiger partial charge on any atom is 0.101 e. The van der Waals surface area contributed by atoms with Gasteiger partial charge in [0.05, 0.1) is 10.6 Å². The van der Waals surface area contributed by atoms with Gasteiger partial charge in [-0.1, -0.05) is 72.3 Å². The molecular formula is C15H10ClN. The van der Waals surface area contributed by atoms with Crippen molar-refractivity contribution in [1.29, 1.82) is 5.26 Å². The summed E-state index contributed by atoms with van der Waals surface area (Å²) < 4.78 is 0. The molecule has 0 spiro atoms. The van der Waals surface area contributed by atoms with Gasteiger partial charge in [0.1, 0.15) is 6.07 Å². The van der Waals surface area contributed by atoms with Crippen molar-refractivity contribution in [3.8, 4) is 6.07 Å². The predicted molar refractivity (Wildman–Crippen MR) is 71.2 cm³/mol. The van der Waals surface area contributed by atoms with Crippen LogP contribution in [0.4, 0.5) is 0 Å². The van der Waals surface area contributed by atoms with Crippen molar-refractivity contribution in [1.82, 2.24) is 0 Å². The number of halogens is 1. The fraction of sp³-hybridized carbons (Fsp3) is 0. The summed E-state index contributed by atoms with van der Waals surface area (Å²) in [6.07, 6.45) is 0. The fourth-order valence-electron chi connectivity index (χ4n) is 1.57. The molecule has 2 aromatic carbocycles. The van der Waals surface area contributed by atoms with Gasteiger partial charge in [-0.15, -0.1) is 0 Å². The molecule has 1 nitrogen and oxygen atoms in total. The highest BCUT2D eigenvalue weighted by molar-refractivity contribution is 6.53. The smallest absolute Gasteiger partial charge is 0.101 e. The van der Waals surface area contributed by atoms with Crippen molar-refractivity contribution in [3.63, 3.8) is 0 Å². The highest BCUT2D eigenvalue weighted by Gasteiger charge is 2.08. The van der Waals surface area contributed by atoms with Crippen LogP contribution >= 0.6 is 11.6 Å². The minimum absolute atomic E-state index is 0.485. The van der Waals surface area contributed by atoms with Crippen molar-refractivity contribution in [2.75, 3.05) is 0 Å². The van der Waals surface area contributed by atoms with E-state index in [1.54, 1.807) is 0 Å². The van der Waals surface area contributed by atoms with Crippen molar-refractivity contribution >= 4 is 22.2 Å². The van der Waals surface area contributed by atoms with Gasteiger partial charge in [-0.25, -0.2) is 0 Å². The van der Waals surface area contributed by atoms with Crippen LogP contribution in [0.5, 0.6) is 0 Å². The lowest BCUT2D eigenvalue weighted by atomic mass is 10.0. The molecule has 0 N–H and O–H groups in total. The van der Waals surface area contributed by atoms with E-state index in [4.69, 9.17) is 11.6 Å². The van der Waals surface area contributed by atoms with Gasteiger partial charge < -0.3 is 0 Å². The lowest BCUT2D eigenvalue weighted by Crippen LogP contribution is -1.85. The molecule has 0 radical (unpaired) electrons. The van der Waals surface area contributed by atoms with Crippen LogP contribution in [-0.2, 0) is 0 Å². The van der Waals surface area contributed by atoms with Gasteiger partial charge in [-0.05, 0) is 11.1 Å².